The first-order chi connectivity index (χ1) is 12.6. The van der Waals surface area contributed by atoms with Gasteiger partial charge in [0, 0.05) is 10.8 Å². The number of hydrogen-bond donors (Lipinski definition) is 3. The summed E-state index contributed by atoms with van der Waals surface area (Å²) in [4.78, 5) is 23.5. The molecule has 0 amide bonds. The molecule has 0 aromatic heterocycles. The van der Waals surface area contributed by atoms with E-state index in [1.165, 1.54) is 0 Å². The number of carbonyl (C=O) groups excluding carboxylic acids is 1. The van der Waals surface area contributed by atoms with Crippen LogP contribution in [0.15, 0.2) is 23.8 Å². The van der Waals surface area contributed by atoms with Crippen molar-refractivity contribution in [3.8, 4) is 0 Å². The lowest BCUT2D eigenvalue weighted by atomic mass is 9.46. The van der Waals surface area contributed by atoms with Crippen molar-refractivity contribution in [3.63, 3.8) is 0 Å². The zero-order valence-corrected chi connectivity index (χ0v) is 16.3. The van der Waals surface area contributed by atoms with E-state index >= 15 is 0 Å². The molecule has 4 aliphatic rings. The number of aliphatic hydroxyl groups is 2. The van der Waals surface area contributed by atoms with Gasteiger partial charge in [0.1, 0.15) is 0 Å². The molecule has 0 saturated heterocycles. The van der Waals surface area contributed by atoms with E-state index in [1.807, 2.05) is 13.0 Å². The quantitative estimate of drug-likeness (QED) is 0.690. The maximum Gasteiger partial charge on any atom is 0.306 e. The molecule has 0 bridgehead atoms. The number of carbonyl (C=O) groups is 2. The van der Waals surface area contributed by atoms with Crippen LogP contribution in [0.3, 0.4) is 0 Å². The van der Waals surface area contributed by atoms with Gasteiger partial charge < -0.3 is 15.3 Å². The summed E-state index contributed by atoms with van der Waals surface area (Å²) in [5, 5.41) is 31.8. The van der Waals surface area contributed by atoms with Crippen molar-refractivity contribution >= 4 is 11.8 Å². The van der Waals surface area contributed by atoms with E-state index in [-0.39, 0.29) is 34.9 Å². The summed E-state index contributed by atoms with van der Waals surface area (Å²) in [7, 11) is 0. The average Bonchev–Trinajstić information content (AvgIpc) is 2.95. The summed E-state index contributed by atoms with van der Waals surface area (Å²) in [5.74, 6) is -1.27. The lowest BCUT2D eigenvalue weighted by Crippen LogP contribution is -2.60. The number of ketones is 1. The molecule has 3 N–H and O–H groups in total. The predicted octanol–water partition coefficient (Wildman–Crippen LogP) is 2.57. The van der Waals surface area contributed by atoms with Gasteiger partial charge in [-0.2, -0.15) is 0 Å². The smallest absolute Gasteiger partial charge is 0.306 e. The molecular formula is C22H30O5. The largest absolute Gasteiger partial charge is 0.481 e. The molecular weight excluding hydrogens is 344 g/mol. The van der Waals surface area contributed by atoms with Crippen LogP contribution in [0, 0.1) is 40.4 Å². The van der Waals surface area contributed by atoms with E-state index in [0.29, 0.717) is 12.8 Å². The number of rotatable bonds is 2. The maximum atomic E-state index is 11.9. The number of aliphatic carboxylic acids is 1. The normalized spacial score (nSPS) is 49.7. The molecule has 0 spiro atoms. The lowest BCUT2D eigenvalue weighted by Gasteiger charge is -2.60. The van der Waals surface area contributed by atoms with Crippen LogP contribution < -0.4 is 0 Å². The Morgan fingerprint density at radius 1 is 1.22 bits per heavy atom. The number of allylic oxidation sites excluding steroid dienone is 3. The van der Waals surface area contributed by atoms with Crippen molar-refractivity contribution in [1.29, 1.82) is 0 Å². The van der Waals surface area contributed by atoms with Gasteiger partial charge in [0.15, 0.2) is 5.78 Å². The molecule has 9 atom stereocenters. The molecule has 27 heavy (non-hydrogen) atoms. The third-order valence-corrected chi connectivity index (χ3v) is 8.75. The SMILES string of the molecule is CC(C(=O)O)[C@H]1CC[C@H]2[C@@H]3[C@H](O)CC4=CC(=O)C=C[C@]4(C)[C@H]3CC(O)[C@]12C. The van der Waals surface area contributed by atoms with Gasteiger partial charge >= 0.3 is 5.97 Å². The van der Waals surface area contributed by atoms with Crippen LogP contribution in [0.2, 0.25) is 0 Å². The van der Waals surface area contributed by atoms with E-state index in [4.69, 9.17) is 0 Å². The zero-order valence-electron chi connectivity index (χ0n) is 16.3. The highest BCUT2D eigenvalue weighted by atomic mass is 16.4. The third kappa shape index (κ3) is 2.44. The van der Waals surface area contributed by atoms with Crippen LogP contribution in [-0.4, -0.2) is 39.3 Å². The Kier molecular flexibility index (Phi) is 4.21. The van der Waals surface area contributed by atoms with E-state index in [0.717, 1.165) is 18.4 Å². The van der Waals surface area contributed by atoms with Gasteiger partial charge in [0.05, 0.1) is 18.1 Å². The number of carboxylic acid groups (broad SMARTS) is 1. The van der Waals surface area contributed by atoms with Crippen molar-refractivity contribution in [2.24, 2.45) is 40.4 Å². The fraction of sp³-hybridized carbons (Fsp3) is 0.727. The van der Waals surface area contributed by atoms with Gasteiger partial charge in [-0.3, -0.25) is 9.59 Å². The minimum atomic E-state index is -0.814. The molecule has 4 rings (SSSR count). The molecule has 0 aromatic carbocycles. The minimum Gasteiger partial charge on any atom is -0.481 e. The van der Waals surface area contributed by atoms with E-state index < -0.39 is 29.5 Å². The first-order valence-corrected chi connectivity index (χ1v) is 10.1. The molecule has 0 heterocycles. The van der Waals surface area contributed by atoms with E-state index in [2.05, 4.69) is 6.92 Å². The minimum absolute atomic E-state index is 0.0180. The second-order valence-electron chi connectivity index (χ2n) is 9.68. The highest BCUT2D eigenvalue weighted by Gasteiger charge is 2.65. The van der Waals surface area contributed by atoms with Crippen molar-refractivity contribution in [3.05, 3.63) is 23.8 Å². The molecule has 4 aliphatic carbocycles. The van der Waals surface area contributed by atoms with Gasteiger partial charge in [-0.25, -0.2) is 0 Å². The van der Waals surface area contributed by atoms with Gasteiger partial charge in [-0.05, 0) is 61.5 Å². The van der Waals surface area contributed by atoms with Crippen LogP contribution in [-0.2, 0) is 9.59 Å². The molecule has 0 radical (unpaired) electrons. The molecule has 3 fully saturated rings. The topological polar surface area (TPSA) is 94.8 Å². The van der Waals surface area contributed by atoms with Crippen LogP contribution in [0.1, 0.15) is 46.5 Å². The lowest BCUT2D eigenvalue weighted by molar-refractivity contribution is -0.167. The molecule has 0 aliphatic heterocycles. The Bertz CT molecular complexity index is 739. The average molecular weight is 374 g/mol. The number of aliphatic hydroxyl groups excluding tert-OH is 2. The first-order valence-electron chi connectivity index (χ1n) is 10.1. The third-order valence-electron chi connectivity index (χ3n) is 8.75. The number of fused-ring (bicyclic) bond motifs is 5. The van der Waals surface area contributed by atoms with Crippen molar-refractivity contribution < 1.29 is 24.9 Å². The van der Waals surface area contributed by atoms with E-state index in [1.54, 1.807) is 19.1 Å². The standard InChI is InChI=1S/C22H30O5/c1-11(20(26)27)14-4-5-15-19-16(10-18(25)22(14,15)3)21(2)7-6-13(23)8-12(21)9-17(19)24/h6-8,11,14-19,24-25H,4-5,9-10H2,1-3H3,(H,26,27)/t11?,14-,15+,16+,17-,18?,19+,21+,22-/m1/s1. The second kappa shape index (κ2) is 6.02. The molecule has 0 aromatic rings. The summed E-state index contributed by atoms with van der Waals surface area (Å²) in [6.07, 6.45) is 6.71. The molecule has 3 saturated carbocycles. The summed E-state index contributed by atoms with van der Waals surface area (Å²) in [5.41, 5.74) is 0.149. The fourth-order valence-electron chi connectivity index (χ4n) is 7.17. The highest BCUT2D eigenvalue weighted by Crippen LogP contribution is 2.66. The van der Waals surface area contributed by atoms with Gasteiger partial charge in [0.25, 0.3) is 0 Å². The summed E-state index contributed by atoms with van der Waals surface area (Å²) < 4.78 is 0. The Morgan fingerprint density at radius 2 is 1.93 bits per heavy atom. The summed E-state index contributed by atoms with van der Waals surface area (Å²) in [6, 6.07) is 0. The van der Waals surface area contributed by atoms with Crippen molar-refractivity contribution in [2.75, 3.05) is 0 Å². The Labute approximate surface area is 160 Å². The number of carboxylic acids is 1. The Morgan fingerprint density at radius 3 is 2.59 bits per heavy atom. The Balaban J connectivity index is 1.74. The second-order valence-corrected chi connectivity index (χ2v) is 9.68. The maximum absolute atomic E-state index is 11.9. The number of hydrogen-bond acceptors (Lipinski definition) is 4. The van der Waals surface area contributed by atoms with Crippen LogP contribution in [0.5, 0.6) is 0 Å². The fourth-order valence-corrected chi connectivity index (χ4v) is 7.17. The van der Waals surface area contributed by atoms with Crippen LogP contribution >= 0.6 is 0 Å². The summed E-state index contributed by atoms with van der Waals surface area (Å²) >= 11 is 0. The van der Waals surface area contributed by atoms with Gasteiger partial charge in [0.2, 0.25) is 0 Å². The van der Waals surface area contributed by atoms with Crippen LogP contribution in [0.25, 0.3) is 0 Å². The first kappa shape index (κ1) is 18.9. The van der Waals surface area contributed by atoms with Crippen molar-refractivity contribution in [2.45, 2.75) is 58.7 Å². The highest BCUT2D eigenvalue weighted by molar-refractivity contribution is 6.01. The molecule has 5 nitrogen and oxygen atoms in total. The molecule has 2 unspecified atom stereocenters. The van der Waals surface area contributed by atoms with E-state index in [9.17, 15) is 24.9 Å². The monoisotopic (exact) mass is 374 g/mol. The molecule has 148 valence electrons. The predicted molar refractivity (Wildman–Crippen MR) is 99.7 cm³/mol. The van der Waals surface area contributed by atoms with Gasteiger partial charge in [-0.15, -0.1) is 0 Å². The molecule has 5 heteroatoms. The van der Waals surface area contributed by atoms with Crippen LogP contribution in [0.4, 0.5) is 0 Å². The zero-order chi connectivity index (χ0) is 19.7. The summed E-state index contributed by atoms with van der Waals surface area (Å²) in [6.45, 7) is 5.90. The Hall–Kier alpha value is -1.46. The van der Waals surface area contributed by atoms with Gasteiger partial charge in [-0.1, -0.05) is 32.4 Å². The van der Waals surface area contributed by atoms with Crippen molar-refractivity contribution in [1.82, 2.24) is 0 Å².